The van der Waals surface area contributed by atoms with Crippen molar-refractivity contribution in [2.75, 3.05) is 13.7 Å². The van der Waals surface area contributed by atoms with Crippen LogP contribution in [0.25, 0.3) is 11.0 Å². The number of aliphatic hydroxyl groups is 6. The molecule has 0 radical (unpaired) electrons. The van der Waals surface area contributed by atoms with Gasteiger partial charge in [-0.05, 0) is 19.1 Å². The number of aliphatic hydroxyl groups excluding tert-OH is 6. The first-order valence-corrected chi connectivity index (χ1v) is 10.9. The summed E-state index contributed by atoms with van der Waals surface area (Å²) < 4.78 is 32.5. The molecule has 4 rings (SSSR count). The van der Waals surface area contributed by atoms with Gasteiger partial charge in [0.25, 0.3) is 0 Å². The third-order valence-corrected chi connectivity index (χ3v) is 6.05. The molecule has 1 aromatic heterocycles. The monoisotopic (exact) mass is 500 g/mol. The zero-order valence-electron chi connectivity index (χ0n) is 18.8. The van der Waals surface area contributed by atoms with Gasteiger partial charge in [0.1, 0.15) is 48.3 Å². The van der Waals surface area contributed by atoms with E-state index in [1.807, 2.05) is 0 Å². The maximum atomic E-state index is 11.6. The number of rotatable bonds is 6. The average Bonchev–Trinajstić information content (AvgIpc) is 2.84. The molecule has 0 bridgehead atoms. The van der Waals surface area contributed by atoms with Crippen LogP contribution in [-0.4, -0.2) is 106 Å². The zero-order chi connectivity index (χ0) is 25.4. The molecule has 2 aromatic rings. The summed E-state index contributed by atoms with van der Waals surface area (Å²) in [6.07, 6.45) is -14.4. The molecular weight excluding hydrogens is 472 g/mol. The van der Waals surface area contributed by atoms with Crippen molar-refractivity contribution in [3.63, 3.8) is 0 Å². The van der Waals surface area contributed by atoms with Gasteiger partial charge in [0, 0.05) is 17.5 Å². The highest BCUT2D eigenvalue weighted by Gasteiger charge is 2.47. The highest BCUT2D eigenvalue weighted by atomic mass is 16.7. The van der Waals surface area contributed by atoms with E-state index in [1.165, 1.54) is 38.3 Å². The molecule has 3 heterocycles. The summed E-state index contributed by atoms with van der Waals surface area (Å²) in [6.45, 7) is 1.04. The van der Waals surface area contributed by atoms with Gasteiger partial charge >= 0.3 is 5.63 Å². The van der Waals surface area contributed by atoms with Crippen molar-refractivity contribution in [3.8, 4) is 11.5 Å². The second-order valence-electron chi connectivity index (χ2n) is 8.44. The fourth-order valence-electron chi connectivity index (χ4n) is 3.94. The number of ether oxygens (including phenoxy) is 5. The van der Waals surface area contributed by atoms with E-state index in [0.717, 1.165) is 0 Å². The highest BCUT2D eigenvalue weighted by molar-refractivity contribution is 5.80. The third-order valence-electron chi connectivity index (χ3n) is 6.05. The highest BCUT2D eigenvalue weighted by Crippen LogP contribution is 2.35. The second kappa shape index (κ2) is 10.3. The van der Waals surface area contributed by atoms with Crippen LogP contribution < -0.4 is 15.1 Å². The molecule has 0 aliphatic carbocycles. The minimum Gasteiger partial charge on any atom is -0.493 e. The minimum atomic E-state index is -1.70. The number of hydrogen-bond donors (Lipinski definition) is 6. The Hall–Kier alpha value is -2.33. The van der Waals surface area contributed by atoms with Crippen LogP contribution in [0.15, 0.2) is 33.5 Å². The Balaban J connectivity index is 1.50. The van der Waals surface area contributed by atoms with Crippen LogP contribution >= 0.6 is 0 Å². The Labute approximate surface area is 198 Å². The normalized spacial score (nSPS) is 37.8. The summed E-state index contributed by atoms with van der Waals surface area (Å²) in [5.41, 5.74) is -0.408. The van der Waals surface area contributed by atoms with Crippen LogP contribution in [0.3, 0.4) is 0 Å². The van der Waals surface area contributed by atoms with Crippen molar-refractivity contribution < 1.29 is 58.7 Å². The fraction of sp³-hybridized carbons (Fsp3) is 0.591. The molecule has 35 heavy (non-hydrogen) atoms. The van der Waals surface area contributed by atoms with Crippen molar-refractivity contribution in [2.45, 2.75) is 68.3 Å². The van der Waals surface area contributed by atoms with Gasteiger partial charge in [-0.25, -0.2) is 4.79 Å². The maximum absolute atomic E-state index is 11.6. The van der Waals surface area contributed by atoms with Gasteiger partial charge in [-0.3, -0.25) is 0 Å². The molecule has 194 valence electrons. The van der Waals surface area contributed by atoms with Gasteiger partial charge in [-0.15, -0.1) is 0 Å². The Morgan fingerprint density at radius 1 is 0.829 bits per heavy atom. The van der Waals surface area contributed by atoms with E-state index < -0.39 is 73.6 Å². The lowest BCUT2D eigenvalue weighted by Gasteiger charge is -2.42. The molecule has 10 atom stereocenters. The smallest absolute Gasteiger partial charge is 0.336 e. The molecule has 0 spiro atoms. The number of hydrogen-bond acceptors (Lipinski definition) is 13. The van der Waals surface area contributed by atoms with Crippen LogP contribution in [-0.2, 0) is 14.2 Å². The van der Waals surface area contributed by atoms with Crippen molar-refractivity contribution >= 4 is 11.0 Å². The Morgan fingerprint density at radius 2 is 1.51 bits per heavy atom. The van der Waals surface area contributed by atoms with Gasteiger partial charge < -0.3 is 58.7 Å². The van der Waals surface area contributed by atoms with Crippen LogP contribution in [0.2, 0.25) is 0 Å². The maximum Gasteiger partial charge on any atom is 0.336 e. The fourth-order valence-corrected chi connectivity index (χ4v) is 3.94. The Morgan fingerprint density at radius 3 is 2.23 bits per heavy atom. The SMILES string of the molecule is COc1cc2ccc(=O)oc2cc1O[C@@H]1O[C@@H](CO[C@@H]2O[C@@H](C)[C@H](O)[C@H](O)[C@@H]2O)[C@H](O)[C@H](O)[C@@H]1O. The molecule has 1 aromatic carbocycles. The van der Waals surface area contributed by atoms with E-state index in [2.05, 4.69) is 0 Å². The number of methoxy groups -OCH3 is 1. The summed E-state index contributed by atoms with van der Waals surface area (Å²) in [7, 11) is 1.38. The first kappa shape index (κ1) is 25.8. The summed E-state index contributed by atoms with van der Waals surface area (Å²) in [5.74, 6) is 0.245. The molecule has 6 N–H and O–H groups in total. The number of fused-ring (bicyclic) bond motifs is 1. The van der Waals surface area contributed by atoms with Gasteiger partial charge in [-0.2, -0.15) is 0 Å². The van der Waals surface area contributed by atoms with Crippen LogP contribution in [0.1, 0.15) is 6.92 Å². The van der Waals surface area contributed by atoms with E-state index in [0.29, 0.717) is 5.39 Å². The predicted molar refractivity (Wildman–Crippen MR) is 115 cm³/mol. The number of benzene rings is 1. The molecule has 0 saturated carbocycles. The average molecular weight is 500 g/mol. The van der Waals surface area contributed by atoms with E-state index in [-0.39, 0.29) is 17.1 Å². The lowest BCUT2D eigenvalue weighted by Crippen LogP contribution is -2.61. The zero-order valence-corrected chi connectivity index (χ0v) is 18.8. The standard InChI is InChI=1S/C22H28O13/c1-8-15(24)17(26)19(28)21(32-8)31-7-13-16(25)18(27)20(29)22(35-13)34-12-6-10-9(5-11(12)30-2)3-4-14(23)33-10/h3-6,8,13,15-22,24-29H,7H2,1-2H3/t8-,13-,15-,16-,17-,18-,19-,20-,21+,22+/m0/s1. The molecule has 13 nitrogen and oxygen atoms in total. The first-order valence-electron chi connectivity index (χ1n) is 10.9. The van der Waals surface area contributed by atoms with Gasteiger partial charge in [-0.1, -0.05) is 0 Å². The molecule has 2 aliphatic heterocycles. The summed E-state index contributed by atoms with van der Waals surface area (Å²) in [6, 6.07) is 5.67. The van der Waals surface area contributed by atoms with Crippen molar-refractivity contribution in [2.24, 2.45) is 0 Å². The van der Waals surface area contributed by atoms with E-state index >= 15 is 0 Å². The topological polar surface area (TPSA) is 198 Å². The molecule has 13 heteroatoms. The molecule has 0 amide bonds. The first-order chi connectivity index (χ1) is 16.6. The minimum absolute atomic E-state index is 0.0265. The largest absolute Gasteiger partial charge is 0.493 e. The Kier molecular flexibility index (Phi) is 7.61. The lowest BCUT2D eigenvalue weighted by atomic mass is 9.98. The summed E-state index contributed by atoms with van der Waals surface area (Å²) in [5, 5.41) is 61.5. The quantitative estimate of drug-likeness (QED) is 0.235. The molecule has 0 unspecified atom stereocenters. The molecule has 2 saturated heterocycles. The van der Waals surface area contributed by atoms with Crippen LogP contribution in [0, 0.1) is 0 Å². The van der Waals surface area contributed by atoms with Gasteiger partial charge in [0.15, 0.2) is 17.8 Å². The van der Waals surface area contributed by atoms with Gasteiger partial charge in [0.05, 0.1) is 19.8 Å². The summed E-state index contributed by atoms with van der Waals surface area (Å²) >= 11 is 0. The third kappa shape index (κ3) is 5.14. The van der Waals surface area contributed by atoms with Crippen LogP contribution in [0.5, 0.6) is 11.5 Å². The van der Waals surface area contributed by atoms with E-state index in [9.17, 15) is 35.4 Å². The molecule has 2 fully saturated rings. The van der Waals surface area contributed by atoms with E-state index in [1.54, 1.807) is 0 Å². The summed E-state index contributed by atoms with van der Waals surface area (Å²) in [4.78, 5) is 11.6. The molecule has 2 aliphatic rings. The second-order valence-corrected chi connectivity index (χ2v) is 8.44. The van der Waals surface area contributed by atoms with Crippen molar-refractivity contribution in [1.29, 1.82) is 0 Å². The Bertz CT molecular complexity index is 1070. The molecular formula is C22H28O13. The van der Waals surface area contributed by atoms with Crippen LogP contribution in [0.4, 0.5) is 0 Å². The van der Waals surface area contributed by atoms with Crippen molar-refractivity contribution in [1.82, 2.24) is 0 Å². The lowest BCUT2D eigenvalue weighted by molar-refractivity contribution is -0.318. The predicted octanol–water partition coefficient (Wildman–Crippen LogP) is -2.17. The van der Waals surface area contributed by atoms with Gasteiger partial charge in [0.2, 0.25) is 6.29 Å². The van der Waals surface area contributed by atoms with Crippen molar-refractivity contribution in [3.05, 3.63) is 34.7 Å². The van der Waals surface area contributed by atoms with E-state index in [4.69, 9.17) is 28.1 Å².